The zero-order valence-corrected chi connectivity index (χ0v) is 15.5. The maximum atomic E-state index is 11.9. The van der Waals surface area contributed by atoms with Gasteiger partial charge >= 0.3 is 0 Å². The fourth-order valence-electron chi connectivity index (χ4n) is 3.15. The van der Waals surface area contributed by atoms with E-state index < -0.39 is 0 Å². The van der Waals surface area contributed by atoms with Crippen LogP contribution < -0.4 is 10.7 Å². The number of nitrogens with zero attached hydrogens (tertiary/aromatic N) is 4. The van der Waals surface area contributed by atoms with E-state index in [4.69, 9.17) is 0 Å². The van der Waals surface area contributed by atoms with E-state index in [1.807, 2.05) is 41.7 Å². The Bertz CT molecular complexity index is 1250. The maximum absolute atomic E-state index is 11.9. The summed E-state index contributed by atoms with van der Waals surface area (Å²) in [6, 6.07) is 13.6. The normalized spacial score (nSPS) is 11.9. The molecular formula is C21H18N6O. The Hall–Kier alpha value is -3.92. The Kier molecular flexibility index (Phi) is 4.38. The van der Waals surface area contributed by atoms with E-state index in [-0.39, 0.29) is 11.5 Å². The summed E-state index contributed by atoms with van der Waals surface area (Å²) in [4.78, 5) is 23.9. The second-order valence-electron chi connectivity index (χ2n) is 6.54. The molecule has 4 aromatic rings. The second kappa shape index (κ2) is 7.00. The quantitative estimate of drug-likeness (QED) is 0.573. The lowest BCUT2D eigenvalue weighted by Crippen LogP contribution is -2.11. The van der Waals surface area contributed by atoms with E-state index in [1.165, 1.54) is 12.3 Å². The molecule has 0 spiro atoms. The summed E-state index contributed by atoms with van der Waals surface area (Å²) in [5, 5.41) is 12.8. The number of hydrogen-bond acceptors (Lipinski definition) is 5. The predicted octanol–water partition coefficient (Wildman–Crippen LogP) is 3.44. The molecule has 1 aromatic carbocycles. The van der Waals surface area contributed by atoms with Gasteiger partial charge in [0.05, 0.1) is 23.5 Å². The van der Waals surface area contributed by atoms with Gasteiger partial charge in [-0.05, 0) is 19.4 Å². The van der Waals surface area contributed by atoms with Crippen LogP contribution in [0.4, 0.5) is 5.95 Å². The first kappa shape index (κ1) is 17.5. The highest BCUT2D eigenvalue weighted by Crippen LogP contribution is 2.25. The average Bonchev–Trinajstić information content (AvgIpc) is 3.16. The van der Waals surface area contributed by atoms with Crippen molar-refractivity contribution in [3.05, 3.63) is 81.9 Å². The molecule has 28 heavy (non-hydrogen) atoms. The van der Waals surface area contributed by atoms with Crippen LogP contribution in [0.1, 0.15) is 29.7 Å². The highest BCUT2D eigenvalue weighted by molar-refractivity contribution is 5.68. The summed E-state index contributed by atoms with van der Waals surface area (Å²) >= 11 is 0. The van der Waals surface area contributed by atoms with Gasteiger partial charge in [0.25, 0.3) is 0 Å². The lowest BCUT2D eigenvalue weighted by atomic mass is 10.1. The Labute approximate surface area is 161 Å². The largest absolute Gasteiger partial charge is 0.348 e. The van der Waals surface area contributed by atoms with Crippen LogP contribution in [0.3, 0.4) is 0 Å². The van der Waals surface area contributed by atoms with Crippen LogP contribution >= 0.6 is 0 Å². The van der Waals surface area contributed by atoms with E-state index in [0.29, 0.717) is 34.1 Å². The Morgan fingerprint density at radius 1 is 1.25 bits per heavy atom. The van der Waals surface area contributed by atoms with Crippen molar-refractivity contribution in [1.29, 1.82) is 5.26 Å². The van der Waals surface area contributed by atoms with Gasteiger partial charge in [-0.3, -0.25) is 9.20 Å². The third-order valence-corrected chi connectivity index (χ3v) is 4.74. The van der Waals surface area contributed by atoms with E-state index in [0.717, 1.165) is 5.56 Å². The minimum Gasteiger partial charge on any atom is -0.348 e. The van der Waals surface area contributed by atoms with Crippen LogP contribution in [0.2, 0.25) is 0 Å². The summed E-state index contributed by atoms with van der Waals surface area (Å²) < 4.78 is 1.82. The average molecular weight is 370 g/mol. The smallest absolute Gasteiger partial charge is 0.223 e. The number of aryl methyl sites for hydroxylation is 1. The van der Waals surface area contributed by atoms with E-state index in [2.05, 4.69) is 26.3 Å². The summed E-state index contributed by atoms with van der Waals surface area (Å²) in [7, 11) is 0. The van der Waals surface area contributed by atoms with Crippen molar-refractivity contribution in [1.82, 2.24) is 19.4 Å². The molecule has 4 rings (SSSR count). The molecule has 0 radical (unpaired) electrons. The number of aromatic nitrogens is 4. The van der Waals surface area contributed by atoms with Crippen molar-refractivity contribution >= 4 is 11.6 Å². The number of imidazole rings is 1. The molecule has 138 valence electrons. The molecule has 3 heterocycles. The van der Waals surface area contributed by atoms with Crippen LogP contribution in [0.15, 0.2) is 59.8 Å². The molecule has 2 N–H and O–H groups in total. The van der Waals surface area contributed by atoms with Gasteiger partial charge in [-0.2, -0.15) is 5.26 Å². The number of H-pyrrole nitrogens is 1. The first-order valence-electron chi connectivity index (χ1n) is 8.87. The third kappa shape index (κ3) is 3.01. The zero-order valence-electron chi connectivity index (χ0n) is 15.5. The summed E-state index contributed by atoms with van der Waals surface area (Å²) in [6.07, 6.45) is 4.94. The van der Waals surface area contributed by atoms with Crippen LogP contribution in [0.5, 0.6) is 0 Å². The minimum atomic E-state index is -0.0457. The van der Waals surface area contributed by atoms with Crippen molar-refractivity contribution in [3.8, 4) is 17.5 Å². The van der Waals surface area contributed by atoms with Crippen molar-refractivity contribution in [3.63, 3.8) is 0 Å². The Balaban J connectivity index is 1.78. The van der Waals surface area contributed by atoms with Gasteiger partial charge in [0.15, 0.2) is 5.43 Å². The van der Waals surface area contributed by atoms with Crippen LogP contribution in [0.25, 0.3) is 17.0 Å². The van der Waals surface area contributed by atoms with Gasteiger partial charge < -0.3 is 10.3 Å². The number of rotatable bonds is 4. The lowest BCUT2D eigenvalue weighted by Gasteiger charge is -2.15. The molecule has 0 fully saturated rings. The van der Waals surface area contributed by atoms with Gasteiger partial charge in [-0.1, -0.05) is 30.3 Å². The minimum absolute atomic E-state index is 0.00266. The summed E-state index contributed by atoms with van der Waals surface area (Å²) in [5.41, 5.74) is 3.89. The molecule has 0 aliphatic rings. The molecule has 0 amide bonds. The van der Waals surface area contributed by atoms with Gasteiger partial charge in [0.1, 0.15) is 17.4 Å². The number of nitrogens with one attached hydrogen (secondary N) is 2. The maximum Gasteiger partial charge on any atom is 0.223 e. The van der Waals surface area contributed by atoms with Crippen molar-refractivity contribution in [2.45, 2.75) is 19.9 Å². The van der Waals surface area contributed by atoms with Crippen LogP contribution in [-0.4, -0.2) is 19.4 Å². The zero-order chi connectivity index (χ0) is 19.7. The second-order valence-corrected chi connectivity index (χ2v) is 6.54. The molecular weight excluding hydrogens is 352 g/mol. The third-order valence-electron chi connectivity index (χ3n) is 4.74. The molecule has 0 aliphatic heterocycles. The molecule has 0 aliphatic carbocycles. The fourth-order valence-corrected chi connectivity index (χ4v) is 3.15. The molecule has 3 aromatic heterocycles. The van der Waals surface area contributed by atoms with Gasteiger partial charge in [0.2, 0.25) is 5.95 Å². The molecule has 0 saturated heterocycles. The van der Waals surface area contributed by atoms with Crippen LogP contribution in [-0.2, 0) is 0 Å². The number of pyridine rings is 1. The number of anilines is 1. The number of hydrogen-bond donors (Lipinski definition) is 2. The molecule has 1 atom stereocenters. The van der Waals surface area contributed by atoms with Crippen molar-refractivity contribution in [2.24, 2.45) is 0 Å². The number of benzene rings is 1. The van der Waals surface area contributed by atoms with E-state index in [9.17, 15) is 10.1 Å². The SMILES string of the molecule is Cc1c(=O)ccn2c(-c3nc(N[C@@H](C)c4ccccc4)ncc3C#N)c[nH]c12. The number of aromatic amines is 1. The lowest BCUT2D eigenvalue weighted by molar-refractivity contribution is 0.860. The molecule has 7 nitrogen and oxygen atoms in total. The summed E-state index contributed by atoms with van der Waals surface area (Å²) in [6.45, 7) is 3.79. The molecule has 0 saturated carbocycles. The first-order valence-corrected chi connectivity index (χ1v) is 8.87. The van der Waals surface area contributed by atoms with E-state index in [1.54, 1.807) is 19.3 Å². The van der Waals surface area contributed by atoms with Crippen molar-refractivity contribution < 1.29 is 0 Å². The summed E-state index contributed by atoms with van der Waals surface area (Å²) in [5.74, 6) is 0.428. The standard InChI is InChI=1S/C21H18N6O/c1-13-18(28)8-9-27-17(12-23-20(13)27)19-16(10-22)11-24-21(26-19)25-14(2)15-6-4-3-5-7-15/h3-9,11-12,14,23H,1-2H3,(H,24,25,26)/t14-/m0/s1. The van der Waals surface area contributed by atoms with E-state index >= 15 is 0 Å². The molecule has 0 bridgehead atoms. The highest BCUT2D eigenvalue weighted by Gasteiger charge is 2.16. The van der Waals surface area contributed by atoms with Gasteiger partial charge in [-0.25, -0.2) is 9.97 Å². The Morgan fingerprint density at radius 3 is 2.79 bits per heavy atom. The molecule has 0 unspecified atom stereocenters. The number of nitriles is 1. The topological polar surface area (TPSA) is 98.9 Å². The Morgan fingerprint density at radius 2 is 2.04 bits per heavy atom. The van der Waals surface area contributed by atoms with Crippen molar-refractivity contribution in [2.75, 3.05) is 5.32 Å². The molecule has 7 heteroatoms. The fraction of sp³-hybridized carbons (Fsp3) is 0.143. The van der Waals surface area contributed by atoms with Gasteiger partial charge in [-0.15, -0.1) is 0 Å². The first-order chi connectivity index (χ1) is 13.6. The monoisotopic (exact) mass is 370 g/mol. The highest BCUT2D eigenvalue weighted by atomic mass is 16.1. The predicted molar refractivity (Wildman–Crippen MR) is 107 cm³/mol. The van der Waals surface area contributed by atoms with Gasteiger partial charge in [0, 0.05) is 24.0 Å². The number of fused-ring (bicyclic) bond motifs is 1. The van der Waals surface area contributed by atoms with Crippen LogP contribution in [0, 0.1) is 18.3 Å².